The van der Waals surface area contributed by atoms with Crippen LogP contribution in [0.4, 0.5) is 0 Å². The molecule has 2 aliphatic carbocycles. The van der Waals surface area contributed by atoms with E-state index in [4.69, 9.17) is 5.11 Å². The molecule has 2 rings (SSSR count). The minimum atomic E-state index is 0.307. The first-order valence-electron chi connectivity index (χ1n) is 7.32. The number of rotatable bonds is 5. The van der Waals surface area contributed by atoms with Gasteiger partial charge in [-0.2, -0.15) is 0 Å². The summed E-state index contributed by atoms with van der Waals surface area (Å²) in [7, 11) is 0. The Kier molecular flexibility index (Phi) is 3.57. The van der Waals surface area contributed by atoms with Crippen molar-refractivity contribution in [2.75, 3.05) is 6.61 Å². The van der Waals surface area contributed by atoms with E-state index in [1.54, 1.807) is 0 Å². The number of aliphatic hydroxyl groups is 1. The van der Waals surface area contributed by atoms with Crippen LogP contribution in [0.15, 0.2) is 0 Å². The molecule has 0 aliphatic heterocycles. The smallest absolute Gasteiger partial charge is 0.0445 e. The van der Waals surface area contributed by atoms with Gasteiger partial charge >= 0.3 is 0 Å². The molecule has 2 aliphatic rings. The van der Waals surface area contributed by atoms with E-state index in [1.807, 2.05) is 0 Å². The summed E-state index contributed by atoms with van der Waals surface area (Å²) >= 11 is 0. The summed E-state index contributed by atoms with van der Waals surface area (Å²) in [5, 5.41) is 12.9. The van der Waals surface area contributed by atoms with Crippen molar-refractivity contribution in [3.8, 4) is 0 Å². The van der Waals surface area contributed by atoms with Crippen LogP contribution in [0.1, 0.15) is 59.8 Å². The number of nitrogens with one attached hydrogen (secondary N) is 1. The van der Waals surface area contributed by atoms with Gasteiger partial charge < -0.3 is 10.4 Å². The minimum absolute atomic E-state index is 0.307. The van der Waals surface area contributed by atoms with Crippen LogP contribution in [-0.4, -0.2) is 23.8 Å². The zero-order chi connectivity index (χ0) is 12.7. The van der Waals surface area contributed by atoms with Crippen molar-refractivity contribution in [1.29, 1.82) is 0 Å². The lowest BCUT2D eigenvalue weighted by Crippen LogP contribution is -2.48. The Bertz CT molecular complexity index is 276. The Labute approximate surface area is 106 Å². The Morgan fingerprint density at radius 2 is 2.06 bits per heavy atom. The fraction of sp³-hybridized carbons (Fsp3) is 1.00. The minimum Gasteiger partial charge on any atom is -0.396 e. The fourth-order valence-corrected chi connectivity index (χ4v) is 4.30. The highest BCUT2D eigenvalue weighted by atomic mass is 16.3. The summed E-state index contributed by atoms with van der Waals surface area (Å²) in [6.07, 6.45) is 6.15. The van der Waals surface area contributed by atoms with Crippen LogP contribution in [0.3, 0.4) is 0 Å². The van der Waals surface area contributed by atoms with E-state index >= 15 is 0 Å². The molecule has 2 heteroatoms. The molecule has 0 aromatic heterocycles. The first-order valence-corrected chi connectivity index (χ1v) is 7.32. The molecule has 0 radical (unpaired) electrons. The van der Waals surface area contributed by atoms with E-state index in [2.05, 4.69) is 33.0 Å². The molecule has 2 fully saturated rings. The summed E-state index contributed by atoms with van der Waals surface area (Å²) in [4.78, 5) is 0. The average molecular weight is 239 g/mol. The molecule has 100 valence electrons. The maximum atomic E-state index is 9.10. The summed E-state index contributed by atoms with van der Waals surface area (Å²) in [6, 6.07) is 1.16. The Morgan fingerprint density at radius 1 is 1.35 bits per heavy atom. The van der Waals surface area contributed by atoms with Gasteiger partial charge in [0.1, 0.15) is 0 Å². The highest BCUT2D eigenvalue weighted by Crippen LogP contribution is 2.65. The molecule has 2 saturated carbocycles. The van der Waals surface area contributed by atoms with Gasteiger partial charge in [-0.3, -0.25) is 0 Å². The SMILES string of the molecule is CCC(CCO)NC1CC2CCC1(C)C2(C)C. The van der Waals surface area contributed by atoms with Crippen molar-refractivity contribution < 1.29 is 5.11 Å². The van der Waals surface area contributed by atoms with E-state index in [0.29, 0.717) is 29.5 Å². The second-order valence-electron chi connectivity index (χ2n) is 6.95. The van der Waals surface area contributed by atoms with Gasteiger partial charge in [0.05, 0.1) is 0 Å². The van der Waals surface area contributed by atoms with Gasteiger partial charge in [-0.1, -0.05) is 27.7 Å². The average Bonchev–Trinajstić information content (AvgIpc) is 2.61. The summed E-state index contributed by atoms with van der Waals surface area (Å²) in [6.45, 7) is 9.91. The lowest BCUT2D eigenvalue weighted by molar-refractivity contribution is 0.111. The monoisotopic (exact) mass is 239 g/mol. The number of hydrogen-bond donors (Lipinski definition) is 2. The largest absolute Gasteiger partial charge is 0.396 e. The molecule has 4 atom stereocenters. The van der Waals surface area contributed by atoms with Crippen LogP contribution in [-0.2, 0) is 0 Å². The summed E-state index contributed by atoms with van der Waals surface area (Å²) in [5.74, 6) is 0.900. The van der Waals surface area contributed by atoms with Crippen molar-refractivity contribution in [2.45, 2.75) is 71.9 Å². The maximum Gasteiger partial charge on any atom is 0.0445 e. The maximum absolute atomic E-state index is 9.10. The number of hydrogen-bond acceptors (Lipinski definition) is 2. The normalized spacial score (nSPS) is 40.8. The Morgan fingerprint density at radius 3 is 2.47 bits per heavy atom. The van der Waals surface area contributed by atoms with Crippen molar-refractivity contribution in [3.63, 3.8) is 0 Å². The van der Waals surface area contributed by atoms with Gasteiger partial charge in [-0.25, -0.2) is 0 Å². The predicted octanol–water partition coefficient (Wildman–Crippen LogP) is 2.95. The quantitative estimate of drug-likeness (QED) is 0.773. The van der Waals surface area contributed by atoms with Crippen molar-refractivity contribution in [3.05, 3.63) is 0 Å². The Balaban J connectivity index is 2.05. The van der Waals surface area contributed by atoms with Gasteiger partial charge in [0.2, 0.25) is 0 Å². The molecule has 0 spiro atoms. The standard InChI is InChI=1S/C15H29NO/c1-5-12(7-9-17)16-13-10-11-6-8-15(13,4)14(11,2)3/h11-13,16-17H,5-10H2,1-4H3. The lowest BCUT2D eigenvalue weighted by Gasteiger charge is -2.41. The third kappa shape index (κ3) is 1.94. The molecule has 0 heterocycles. The number of fused-ring (bicyclic) bond motifs is 2. The molecule has 0 saturated heterocycles. The summed E-state index contributed by atoms with van der Waals surface area (Å²) in [5.41, 5.74) is 0.947. The van der Waals surface area contributed by atoms with E-state index < -0.39 is 0 Å². The van der Waals surface area contributed by atoms with E-state index in [9.17, 15) is 0 Å². The molecule has 4 unspecified atom stereocenters. The van der Waals surface area contributed by atoms with Crippen molar-refractivity contribution >= 4 is 0 Å². The molecule has 2 N–H and O–H groups in total. The van der Waals surface area contributed by atoms with Crippen LogP contribution in [0.2, 0.25) is 0 Å². The Hall–Kier alpha value is -0.0800. The third-order valence-electron chi connectivity index (χ3n) is 6.20. The van der Waals surface area contributed by atoms with Crippen LogP contribution in [0, 0.1) is 16.7 Å². The fourth-order valence-electron chi connectivity index (χ4n) is 4.30. The number of aliphatic hydroxyl groups excluding tert-OH is 1. The molecular weight excluding hydrogens is 210 g/mol. The van der Waals surface area contributed by atoms with Crippen molar-refractivity contribution in [2.24, 2.45) is 16.7 Å². The molecule has 2 bridgehead atoms. The first kappa shape index (κ1) is 13.4. The predicted molar refractivity (Wildman–Crippen MR) is 71.9 cm³/mol. The topological polar surface area (TPSA) is 32.3 Å². The van der Waals surface area contributed by atoms with Crippen LogP contribution < -0.4 is 5.32 Å². The highest BCUT2D eigenvalue weighted by Gasteiger charge is 2.61. The van der Waals surface area contributed by atoms with Gasteiger partial charge in [0.15, 0.2) is 0 Å². The second kappa shape index (κ2) is 4.55. The van der Waals surface area contributed by atoms with Crippen molar-refractivity contribution in [1.82, 2.24) is 5.32 Å². The molecule has 0 amide bonds. The van der Waals surface area contributed by atoms with Gasteiger partial charge in [0.25, 0.3) is 0 Å². The van der Waals surface area contributed by atoms with Crippen LogP contribution >= 0.6 is 0 Å². The second-order valence-corrected chi connectivity index (χ2v) is 6.95. The van der Waals surface area contributed by atoms with Gasteiger partial charge in [-0.15, -0.1) is 0 Å². The molecular formula is C15H29NO. The zero-order valence-electron chi connectivity index (χ0n) is 11.9. The van der Waals surface area contributed by atoms with E-state index in [0.717, 1.165) is 18.8 Å². The highest BCUT2D eigenvalue weighted by molar-refractivity contribution is 5.13. The van der Waals surface area contributed by atoms with E-state index in [1.165, 1.54) is 19.3 Å². The molecule has 2 nitrogen and oxygen atoms in total. The van der Waals surface area contributed by atoms with Crippen LogP contribution in [0.5, 0.6) is 0 Å². The van der Waals surface area contributed by atoms with Gasteiger partial charge in [0, 0.05) is 18.7 Å². The molecule has 0 aromatic carbocycles. The first-order chi connectivity index (χ1) is 7.95. The summed E-state index contributed by atoms with van der Waals surface area (Å²) < 4.78 is 0. The molecule has 0 aromatic rings. The lowest BCUT2D eigenvalue weighted by atomic mass is 9.69. The van der Waals surface area contributed by atoms with E-state index in [-0.39, 0.29) is 0 Å². The zero-order valence-corrected chi connectivity index (χ0v) is 11.9. The third-order valence-corrected chi connectivity index (χ3v) is 6.20. The van der Waals surface area contributed by atoms with Crippen LogP contribution in [0.25, 0.3) is 0 Å². The van der Waals surface area contributed by atoms with Gasteiger partial charge in [-0.05, 0) is 48.9 Å². The molecule has 17 heavy (non-hydrogen) atoms.